The van der Waals surface area contributed by atoms with Crippen LogP contribution in [0.5, 0.6) is 11.5 Å². The summed E-state index contributed by atoms with van der Waals surface area (Å²) in [6.07, 6.45) is 3.67. The van der Waals surface area contributed by atoms with Gasteiger partial charge in [-0.15, -0.1) is 0 Å². The normalized spacial score (nSPS) is 21.5. The van der Waals surface area contributed by atoms with Gasteiger partial charge in [-0.25, -0.2) is 0 Å². The van der Waals surface area contributed by atoms with Gasteiger partial charge >= 0.3 is 5.97 Å². The molecule has 0 radical (unpaired) electrons. The van der Waals surface area contributed by atoms with Crippen molar-refractivity contribution in [2.75, 3.05) is 13.2 Å². The monoisotopic (exact) mass is 399 g/mol. The molecule has 1 aromatic rings. The van der Waals surface area contributed by atoms with Crippen molar-refractivity contribution in [2.45, 2.75) is 58.8 Å². The number of esters is 1. The van der Waals surface area contributed by atoms with Gasteiger partial charge in [0.25, 0.3) is 0 Å². The van der Waals surface area contributed by atoms with Gasteiger partial charge in [-0.05, 0) is 50.8 Å². The summed E-state index contributed by atoms with van der Waals surface area (Å²) >= 11 is 0. The van der Waals surface area contributed by atoms with Crippen molar-refractivity contribution in [1.29, 1.82) is 0 Å². The third-order valence-corrected chi connectivity index (χ3v) is 5.47. The summed E-state index contributed by atoms with van der Waals surface area (Å²) in [7, 11) is 0. The third kappa shape index (κ3) is 4.36. The molecular weight excluding hydrogens is 370 g/mol. The minimum atomic E-state index is -0.660. The number of nitrogens with zero attached hydrogens (tertiary/aromatic N) is 1. The zero-order valence-electron chi connectivity index (χ0n) is 17.4. The van der Waals surface area contributed by atoms with Gasteiger partial charge in [0.05, 0.1) is 13.2 Å². The number of aromatic hydroxyl groups is 1. The van der Waals surface area contributed by atoms with E-state index in [1.54, 1.807) is 18.2 Å². The Morgan fingerprint density at radius 2 is 2.07 bits per heavy atom. The van der Waals surface area contributed by atoms with Crippen LogP contribution in [-0.2, 0) is 14.3 Å². The van der Waals surface area contributed by atoms with E-state index in [4.69, 9.17) is 9.47 Å². The van der Waals surface area contributed by atoms with Crippen molar-refractivity contribution in [1.82, 2.24) is 0 Å². The van der Waals surface area contributed by atoms with Crippen LogP contribution in [-0.4, -0.2) is 35.8 Å². The summed E-state index contributed by atoms with van der Waals surface area (Å²) in [5, 5.41) is 10.1. The predicted molar refractivity (Wildman–Crippen MR) is 110 cm³/mol. The highest BCUT2D eigenvalue weighted by molar-refractivity contribution is 6.08. The summed E-state index contributed by atoms with van der Waals surface area (Å²) < 4.78 is 11.1. The van der Waals surface area contributed by atoms with Gasteiger partial charge in [-0.2, -0.15) is 0 Å². The number of aliphatic imine (C=N–C) groups is 1. The third-order valence-electron chi connectivity index (χ3n) is 5.47. The van der Waals surface area contributed by atoms with Crippen LogP contribution in [0.4, 0.5) is 0 Å². The molecule has 1 heterocycles. The number of hydrogen-bond acceptors (Lipinski definition) is 6. The van der Waals surface area contributed by atoms with Gasteiger partial charge in [0, 0.05) is 29.3 Å². The Hall–Kier alpha value is -2.63. The Labute approximate surface area is 171 Å². The van der Waals surface area contributed by atoms with E-state index in [1.807, 2.05) is 20.8 Å². The standard InChI is InChI=1S/C23H29NO5/c1-4-6-12-29-23(27)20-14(3)24-16-8-7-9-18(26)22(16)21(20)15-10-11-17(25)19(13-15)28-5-2/h10-11,13,20-21,25H,4-9,12H2,1-3H3/t20?,21-/m1/s1. The van der Waals surface area contributed by atoms with Crippen molar-refractivity contribution >= 4 is 17.5 Å². The van der Waals surface area contributed by atoms with Crippen LogP contribution in [0.1, 0.15) is 64.4 Å². The van der Waals surface area contributed by atoms with Gasteiger partial charge in [0.1, 0.15) is 5.92 Å². The molecule has 6 nitrogen and oxygen atoms in total. The summed E-state index contributed by atoms with van der Waals surface area (Å²) in [4.78, 5) is 30.5. The van der Waals surface area contributed by atoms with Gasteiger partial charge in [0.15, 0.2) is 17.3 Å². The number of phenols is 1. The first kappa shape index (κ1) is 21.1. The number of unbranched alkanes of at least 4 members (excludes halogenated alkanes) is 1. The van der Waals surface area contributed by atoms with E-state index in [1.165, 1.54) is 0 Å². The maximum Gasteiger partial charge on any atom is 0.315 e. The lowest BCUT2D eigenvalue weighted by atomic mass is 9.71. The van der Waals surface area contributed by atoms with E-state index in [0.29, 0.717) is 36.7 Å². The number of Topliss-reactive ketones (excluding diaryl/α,β-unsaturated/α-hetero) is 1. The van der Waals surface area contributed by atoms with E-state index in [2.05, 4.69) is 4.99 Å². The lowest BCUT2D eigenvalue weighted by Crippen LogP contribution is -2.37. The highest BCUT2D eigenvalue weighted by atomic mass is 16.5. The molecular formula is C23H29NO5. The number of carbonyl (C=O) groups excluding carboxylic acids is 2. The second kappa shape index (κ2) is 9.25. The lowest BCUT2D eigenvalue weighted by molar-refractivity contribution is -0.146. The van der Waals surface area contributed by atoms with E-state index >= 15 is 0 Å². The topological polar surface area (TPSA) is 85.2 Å². The molecule has 0 saturated carbocycles. The van der Waals surface area contributed by atoms with Crippen LogP contribution in [0.2, 0.25) is 0 Å². The minimum absolute atomic E-state index is 0.0306. The molecule has 0 spiro atoms. The first-order valence-electron chi connectivity index (χ1n) is 10.4. The first-order valence-corrected chi connectivity index (χ1v) is 10.4. The number of benzene rings is 1. The van der Waals surface area contributed by atoms with Crippen LogP contribution >= 0.6 is 0 Å². The zero-order chi connectivity index (χ0) is 21.0. The maximum atomic E-state index is 13.0. The molecule has 0 aromatic heterocycles. The molecule has 156 valence electrons. The highest BCUT2D eigenvalue weighted by Gasteiger charge is 2.43. The quantitative estimate of drug-likeness (QED) is 0.545. The number of allylic oxidation sites excluding steroid dienone is 2. The molecule has 1 N–H and O–H groups in total. The number of ketones is 1. The molecule has 0 amide bonds. The fourth-order valence-corrected chi connectivity index (χ4v) is 4.07. The van der Waals surface area contributed by atoms with E-state index in [9.17, 15) is 14.7 Å². The molecule has 1 aliphatic heterocycles. The fraction of sp³-hybridized carbons (Fsp3) is 0.522. The number of carbonyl (C=O) groups is 2. The highest BCUT2D eigenvalue weighted by Crippen LogP contribution is 2.45. The number of phenolic OH excluding ortho intramolecular Hbond substituents is 1. The molecule has 1 aromatic carbocycles. The van der Waals surface area contributed by atoms with Gasteiger partial charge < -0.3 is 14.6 Å². The van der Waals surface area contributed by atoms with Crippen LogP contribution < -0.4 is 4.74 Å². The van der Waals surface area contributed by atoms with Gasteiger partial charge in [0.2, 0.25) is 0 Å². The fourth-order valence-electron chi connectivity index (χ4n) is 4.07. The van der Waals surface area contributed by atoms with E-state index < -0.39 is 11.8 Å². The average Bonchev–Trinajstić information content (AvgIpc) is 2.69. The lowest BCUT2D eigenvalue weighted by Gasteiger charge is -2.34. The van der Waals surface area contributed by atoms with Gasteiger partial charge in [-0.3, -0.25) is 14.6 Å². The number of hydrogen-bond donors (Lipinski definition) is 1. The zero-order valence-corrected chi connectivity index (χ0v) is 17.4. The summed E-state index contributed by atoms with van der Waals surface area (Å²) in [6.45, 7) is 6.45. The smallest absolute Gasteiger partial charge is 0.315 e. The SMILES string of the molecule is CCCCOC(=O)C1C(C)=NC2=C(C(=O)CCC2)[C@@H]1c1ccc(O)c(OCC)c1. The molecule has 0 fully saturated rings. The molecule has 3 rings (SSSR count). The first-order chi connectivity index (χ1) is 14.0. The Balaban J connectivity index is 2.07. The second-order valence-corrected chi connectivity index (χ2v) is 7.53. The summed E-state index contributed by atoms with van der Waals surface area (Å²) in [5.74, 6) is -1.10. The van der Waals surface area contributed by atoms with E-state index in [0.717, 1.165) is 36.9 Å². The van der Waals surface area contributed by atoms with Crippen molar-refractivity contribution in [3.8, 4) is 11.5 Å². The molecule has 2 aliphatic rings. The minimum Gasteiger partial charge on any atom is -0.504 e. The van der Waals surface area contributed by atoms with Crippen molar-refractivity contribution < 1.29 is 24.2 Å². The average molecular weight is 399 g/mol. The van der Waals surface area contributed by atoms with Gasteiger partial charge in [-0.1, -0.05) is 19.4 Å². The predicted octanol–water partition coefficient (Wildman–Crippen LogP) is 4.32. The van der Waals surface area contributed by atoms with Crippen molar-refractivity contribution in [2.24, 2.45) is 10.9 Å². The number of rotatable bonds is 7. The molecule has 1 unspecified atom stereocenters. The molecule has 1 aliphatic carbocycles. The van der Waals surface area contributed by atoms with E-state index in [-0.39, 0.29) is 17.5 Å². The Morgan fingerprint density at radius 1 is 1.28 bits per heavy atom. The van der Waals surface area contributed by atoms with Crippen LogP contribution in [0, 0.1) is 5.92 Å². The van der Waals surface area contributed by atoms with Crippen molar-refractivity contribution in [3.05, 3.63) is 35.0 Å². The second-order valence-electron chi connectivity index (χ2n) is 7.53. The Kier molecular flexibility index (Phi) is 6.72. The molecule has 6 heteroatoms. The summed E-state index contributed by atoms with van der Waals surface area (Å²) in [6, 6.07) is 5.02. The maximum absolute atomic E-state index is 13.0. The summed E-state index contributed by atoms with van der Waals surface area (Å²) in [5.41, 5.74) is 2.79. The van der Waals surface area contributed by atoms with Crippen molar-refractivity contribution in [3.63, 3.8) is 0 Å². The number of ether oxygens (including phenoxy) is 2. The largest absolute Gasteiger partial charge is 0.504 e. The van der Waals surface area contributed by atoms with Crippen LogP contribution in [0.25, 0.3) is 0 Å². The Morgan fingerprint density at radius 3 is 2.79 bits per heavy atom. The molecule has 2 atom stereocenters. The van der Waals surface area contributed by atoms with Crippen LogP contribution in [0.3, 0.4) is 0 Å². The van der Waals surface area contributed by atoms with Crippen LogP contribution in [0.15, 0.2) is 34.5 Å². The molecule has 29 heavy (non-hydrogen) atoms. The molecule has 0 saturated heterocycles. The Bertz CT molecular complexity index is 855. The molecule has 0 bridgehead atoms.